The molecule has 1 aromatic heterocycles. The standard InChI is InChI=1S/C11H17N3/c1-2-9-10(13-14-11(9)12)8-4-6-3-7(6)5-8/h6-8H,2-5H2,1H3,(H3,12,13,14)/t6-,7+,8?. The van der Waals surface area contributed by atoms with Gasteiger partial charge in [0.15, 0.2) is 0 Å². The number of anilines is 1. The van der Waals surface area contributed by atoms with Gasteiger partial charge in [-0.25, -0.2) is 0 Å². The van der Waals surface area contributed by atoms with Gasteiger partial charge in [-0.3, -0.25) is 5.10 Å². The van der Waals surface area contributed by atoms with E-state index in [0.29, 0.717) is 5.82 Å². The number of fused-ring (bicyclic) bond motifs is 1. The van der Waals surface area contributed by atoms with Crippen molar-refractivity contribution in [3.8, 4) is 0 Å². The maximum absolute atomic E-state index is 5.82. The van der Waals surface area contributed by atoms with E-state index in [1.54, 1.807) is 0 Å². The fourth-order valence-electron chi connectivity index (χ4n) is 3.05. The van der Waals surface area contributed by atoms with Crippen molar-refractivity contribution >= 4 is 5.82 Å². The molecule has 0 saturated heterocycles. The average Bonchev–Trinajstić information content (AvgIpc) is 2.63. The highest BCUT2D eigenvalue weighted by Gasteiger charge is 2.47. The number of nitrogens with one attached hydrogen (secondary N) is 1. The second-order valence-electron chi connectivity index (χ2n) is 4.78. The Bertz CT molecular complexity index is 345. The van der Waals surface area contributed by atoms with E-state index in [2.05, 4.69) is 17.1 Å². The normalized spacial score (nSPS) is 34.5. The third-order valence-electron chi connectivity index (χ3n) is 3.94. The number of nitrogen functional groups attached to an aromatic ring is 1. The fraction of sp³-hybridized carbons (Fsp3) is 0.727. The Labute approximate surface area is 84.1 Å². The first-order chi connectivity index (χ1) is 6.79. The van der Waals surface area contributed by atoms with Gasteiger partial charge in [0.25, 0.3) is 0 Å². The van der Waals surface area contributed by atoms with Gasteiger partial charge in [-0.1, -0.05) is 6.92 Å². The van der Waals surface area contributed by atoms with Crippen molar-refractivity contribution in [1.82, 2.24) is 10.2 Å². The monoisotopic (exact) mass is 191 g/mol. The molecule has 2 aliphatic carbocycles. The van der Waals surface area contributed by atoms with Crippen molar-refractivity contribution in [3.05, 3.63) is 11.3 Å². The third-order valence-corrected chi connectivity index (χ3v) is 3.94. The highest BCUT2D eigenvalue weighted by molar-refractivity contribution is 5.43. The van der Waals surface area contributed by atoms with E-state index in [9.17, 15) is 0 Å². The number of rotatable bonds is 2. The largest absolute Gasteiger partial charge is 0.382 e. The minimum atomic E-state index is 0.711. The molecule has 0 spiro atoms. The van der Waals surface area contributed by atoms with E-state index in [-0.39, 0.29) is 0 Å². The lowest BCUT2D eigenvalue weighted by atomic mass is 9.95. The SMILES string of the molecule is CCc1c(N)n[nH]c1C1C[C@@H]2C[C@@H]2C1. The number of nitrogens with zero attached hydrogens (tertiary/aromatic N) is 1. The van der Waals surface area contributed by atoms with E-state index in [1.807, 2.05) is 0 Å². The molecule has 1 aromatic rings. The molecule has 0 amide bonds. The van der Waals surface area contributed by atoms with Gasteiger partial charge in [0, 0.05) is 17.2 Å². The third kappa shape index (κ3) is 1.08. The van der Waals surface area contributed by atoms with Gasteiger partial charge in [-0.05, 0) is 37.5 Å². The summed E-state index contributed by atoms with van der Waals surface area (Å²) in [6.07, 6.45) is 5.20. The van der Waals surface area contributed by atoms with Gasteiger partial charge in [-0.15, -0.1) is 0 Å². The zero-order chi connectivity index (χ0) is 9.71. The number of nitrogens with two attached hydrogens (primary N) is 1. The van der Waals surface area contributed by atoms with Crippen LogP contribution in [0, 0.1) is 11.8 Å². The summed E-state index contributed by atoms with van der Waals surface area (Å²) in [7, 11) is 0. The molecule has 0 aliphatic heterocycles. The molecule has 2 aliphatic rings. The maximum Gasteiger partial charge on any atom is 0.148 e. The molecule has 0 radical (unpaired) electrons. The first-order valence-corrected chi connectivity index (χ1v) is 5.62. The van der Waals surface area contributed by atoms with Crippen LogP contribution < -0.4 is 5.73 Å². The Kier molecular flexibility index (Phi) is 1.64. The lowest BCUT2D eigenvalue weighted by molar-refractivity contribution is 0.601. The fourth-order valence-corrected chi connectivity index (χ4v) is 3.05. The summed E-state index contributed by atoms with van der Waals surface area (Å²) in [6.45, 7) is 2.15. The Morgan fingerprint density at radius 3 is 2.71 bits per heavy atom. The van der Waals surface area contributed by atoms with E-state index in [4.69, 9.17) is 5.73 Å². The van der Waals surface area contributed by atoms with Crippen LogP contribution in [0.2, 0.25) is 0 Å². The summed E-state index contributed by atoms with van der Waals surface area (Å²) in [4.78, 5) is 0. The lowest BCUT2D eigenvalue weighted by Gasteiger charge is -2.11. The van der Waals surface area contributed by atoms with Crippen LogP contribution in [0.25, 0.3) is 0 Å². The zero-order valence-corrected chi connectivity index (χ0v) is 8.59. The molecule has 0 bridgehead atoms. The van der Waals surface area contributed by atoms with Crippen molar-refractivity contribution in [3.63, 3.8) is 0 Å². The van der Waals surface area contributed by atoms with Crippen molar-refractivity contribution in [1.29, 1.82) is 0 Å². The predicted octanol–water partition coefficient (Wildman–Crippen LogP) is 2.07. The molecule has 3 N–H and O–H groups in total. The highest BCUT2D eigenvalue weighted by atomic mass is 15.2. The minimum Gasteiger partial charge on any atom is -0.382 e. The van der Waals surface area contributed by atoms with Gasteiger partial charge in [0.2, 0.25) is 0 Å². The number of H-pyrrole nitrogens is 1. The quantitative estimate of drug-likeness (QED) is 0.751. The Hall–Kier alpha value is -0.990. The highest BCUT2D eigenvalue weighted by Crippen LogP contribution is 2.57. The van der Waals surface area contributed by atoms with E-state index < -0.39 is 0 Å². The van der Waals surface area contributed by atoms with E-state index in [0.717, 1.165) is 24.2 Å². The zero-order valence-electron chi connectivity index (χ0n) is 8.59. The van der Waals surface area contributed by atoms with Crippen LogP contribution in [0.3, 0.4) is 0 Å². The number of hydrogen-bond donors (Lipinski definition) is 2. The van der Waals surface area contributed by atoms with E-state index in [1.165, 1.54) is 30.5 Å². The van der Waals surface area contributed by atoms with Crippen LogP contribution in [-0.4, -0.2) is 10.2 Å². The molecule has 76 valence electrons. The summed E-state index contributed by atoms with van der Waals surface area (Å²) in [6, 6.07) is 0. The number of aromatic amines is 1. The molecule has 1 unspecified atom stereocenters. The first-order valence-electron chi connectivity index (χ1n) is 5.62. The van der Waals surface area contributed by atoms with Gasteiger partial charge in [0.05, 0.1) is 0 Å². The van der Waals surface area contributed by atoms with Gasteiger partial charge in [-0.2, -0.15) is 5.10 Å². The molecule has 3 heteroatoms. The average molecular weight is 191 g/mol. The second kappa shape index (κ2) is 2.75. The molecular formula is C11H17N3. The van der Waals surface area contributed by atoms with Gasteiger partial charge in [0.1, 0.15) is 5.82 Å². The second-order valence-corrected chi connectivity index (χ2v) is 4.78. The van der Waals surface area contributed by atoms with Crippen LogP contribution in [-0.2, 0) is 6.42 Å². The van der Waals surface area contributed by atoms with Crippen molar-refractivity contribution in [2.45, 2.75) is 38.5 Å². The first kappa shape index (κ1) is 8.33. The summed E-state index contributed by atoms with van der Waals surface area (Å²) in [5, 5.41) is 7.26. The molecule has 0 aromatic carbocycles. The molecule has 14 heavy (non-hydrogen) atoms. The summed E-state index contributed by atoms with van der Waals surface area (Å²) < 4.78 is 0. The Morgan fingerprint density at radius 2 is 2.07 bits per heavy atom. The number of aromatic nitrogens is 2. The Balaban J connectivity index is 1.88. The van der Waals surface area contributed by atoms with Crippen LogP contribution in [0.4, 0.5) is 5.82 Å². The molecule has 3 nitrogen and oxygen atoms in total. The van der Waals surface area contributed by atoms with Crippen LogP contribution in [0.1, 0.15) is 43.4 Å². The Morgan fingerprint density at radius 1 is 1.36 bits per heavy atom. The molecule has 3 atom stereocenters. The van der Waals surface area contributed by atoms with E-state index >= 15 is 0 Å². The molecule has 2 fully saturated rings. The number of hydrogen-bond acceptors (Lipinski definition) is 2. The topological polar surface area (TPSA) is 54.7 Å². The lowest BCUT2D eigenvalue weighted by Crippen LogP contribution is -2.00. The molecule has 3 rings (SSSR count). The minimum absolute atomic E-state index is 0.711. The van der Waals surface area contributed by atoms with Crippen molar-refractivity contribution in [2.24, 2.45) is 11.8 Å². The molecule has 1 heterocycles. The summed E-state index contributed by atoms with van der Waals surface area (Å²) in [5.41, 5.74) is 8.41. The van der Waals surface area contributed by atoms with Crippen molar-refractivity contribution < 1.29 is 0 Å². The predicted molar refractivity (Wildman–Crippen MR) is 56.0 cm³/mol. The maximum atomic E-state index is 5.82. The van der Waals surface area contributed by atoms with Crippen LogP contribution >= 0.6 is 0 Å². The summed E-state index contributed by atoms with van der Waals surface area (Å²) >= 11 is 0. The van der Waals surface area contributed by atoms with Gasteiger partial charge >= 0.3 is 0 Å². The van der Waals surface area contributed by atoms with Crippen LogP contribution in [0.15, 0.2) is 0 Å². The van der Waals surface area contributed by atoms with Gasteiger partial charge < -0.3 is 5.73 Å². The van der Waals surface area contributed by atoms with Crippen LogP contribution in [0.5, 0.6) is 0 Å². The van der Waals surface area contributed by atoms with Crippen molar-refractivity contribution in [2.75, 3.05) is 5.73 Å². The molecular weight excluding hydrogens is 174 g/mol. The smallest absolute Gasteiger partial charge is 0.148 e. The summed E-state index contributed by atoms with van der Waals surface area (Å²) in [5.74, 6) is 3.48. The molecule has 2 saturated carbocycles.